The fraction of sp³-hybridized carbons (Fsp3) is 0.556. The van der Waals surface area contributed by atoms with E-state index < -0.39 is 23.1 Å². The van der Waals surface area contributed by atoms with Crippen LogP contribution in [0.3, 0.4) is 0 Å². The number of carbonyl (C=O) groups excluding carboxylic acids is 3. The molecule has 150 valence electrons. The maximum Gasteiger partial charge on any atom is 0.445 e. The normalized spacial score (nSPS) is 15.0. The number of halogens is 1. The maximum absolute atomic E-state index is 12.8. The van der Waals surface area contributed by atoms with Gasteiger partial charge in [0.05, 0.1) is 5.88 Å². The molecule has 0 unspecified atom stereocenters. The fourth-order valence-corrected chi connectivity index (χ4v) is 2.68. The average Bonchev–Trinajstić information content (AvgIpc) is 2.50. The molecule has 7 nitrogen and oxygen atoms in total. The van der Waals surface area contributed by atoms with Crippen molar-refractivity contribution in [2.45, 2.75) is 41.5 Å². The van der Waals surface area contributed by atoms with Crippen molar-refractivity contribution in [3.05, 3.63) is 23.3 Å². The van der Waals surface area contributed by atoms with Crippen LogP contribution in [0, 0.1) is 10.8 Å². The molecule has 1 N–H and O–H groups in total. The Bertz CT molecular complexity index is 679. The van der Waals surface area contributed by atoms with Crippen LogP contribution in [-0.2, 0) is 9.63 Å². The summed E-state index contributed by atoms with van der Waals surface area (Å²) in [5.41, 5.74) is 0.720. The van der Waals surface area contributed by atoms with Crippen LogP contribution in [0.4, 0.5) is 14.0 Å². The molecule has 9 heteroatoms. The number of oxime groups is 1. The fourth-order valence-electron chi connectivity index (χ4n) is 2.17. The van der Waals surface area contributed by atoms with Gasteiger partial charge in [0, 0.05) is 18.2 Å². The summed E-state index contributed by atoms with van der Waals surface area (Å²) in [7, 11) is 1.40. The van der Waals surface area contributed by atoms with Crippen molar-refractivity contribution in [2.24, 2.45) is 16.0 Å². The third kappa shape index (κ3) is 6.82. The van der Waals surface area contributed by atoms with E-state index in [4.69, 9.17) is 4.84 Å². The monoisotopic (exact) mass is 399 g/mol. The quantitative estimate of drug-likeness (QED) is 0.145. The molecule has 0 heterocycles. The number of amides is 2. The Hall–Kier alpha value is -2.16. The van der Waals surface area contributed by atoms with Gasteiger partial charge in [-0.25, -0.2) is 9.59 Å². The van der Waals surface area contributed by atoms with Gasteiger partial charge < -0.3 is 5.32 Å². The second-order valence-corrected chi connectivity index (χ2v) is 9.13. The first kappa shape index (κ1) is 22.9. The summed E-state index contributed by atoms with van der Waals surface area (Å²) in [6.07, 6.45) is 0.743. The molecule has 0 spiro atoms. The van der Waals surface area contributed by atoms with Crippen LogP contribution in [0.1, 0.15) is 41.5 Å². The first-order chi connectivity index (χ1) is 12.2. The van der Waals surface area contributed by atoms with Gasteiger partial charge in [-0.05, 0) is 34.9 Å². The number of ketones is 1. The summed E-state index contributed by atoms with van der Waals surface area (Å²) in [5.74, 6) is -0.177. The van der Waals surface area contributed by atoms with E-state index in [2.05, 4.69) is 5.16 Å². The Morgan fingerprint density at radius 1 is 1.15 bits per heavy atom. The molecule has 0 fully saturated rings. The summed E-state index contributed by atoms with van der Waals surface area (Å²) in [4.78, 5) is 39.8. The first-order valence-corrected chi connectivity index (χ1v) is 9.25. The molecular formula is C18H26FN3O4S. The third-order valence-electron chi connectivity index (χ3n) is 3.65. The van der Waals surface area contributed by atoms with E-state index in [1.54, 1.807) is 12.2 Å². The second-order valence-electron chi connectivity index (χ2n) is 8.04. The molecule has 0 atom stereocenters. The van der Waals surface area contributed by atoms with Gasteiger partial charge in [-0.2, -0.15) is 0 Å². The van der Waals surface area contributed by atoms with Crippen LogP contribution >= 0.6 is 11.9 Å². The molecule has 0 bridgehead atoms. The van der Waals surface area contributed by atoms with Gasteiger partial charge in [-0.1, -0.05) is 46.7 Å². The number of nitrogens with zero attached hydrogens (tertiary/aromatic N) is 2. The van der Waals surface area contributed by atoms with Crippen molar-refractivity contribution >= 4 is 35.7 Å². The summed E-state index contributed by atoms with van der Waals surface area (Å²) < 4.78 is 13.1. The molecule has 0 aromatic rings. The molecule has 0 aliphatic heterocycles. The minimum absolute atomic E-state index is 0.0464. The minimum Gasteiger partial charge on any atom is -0.317 e. The van der Waals surface area contributed by atoms with Crippen LogP contribution in [0.2, 0.25) is 0 Å². The van der Waals surface area contributed by atoms with Gasteiger partial charge in [0.25, 0.3) is 0 Å². The van der Waals surface area contributed by atoms with Gasteiger partial charge in [-0.15, -0.1) is 4.39 Å². The van der Waals surface area contributed by atoms with E-state index in [0.29, 0.717) is 16.9 Å². The van der Waals surface area contributed by atoms with Gasteiger partial charge in [-0.3, -0.25) is 13.9 Å². The zero-order chi connectivity index (χ0) is 21.0. The van der Waals surface area contributed by atoms with Crippen LogP contribution < -0.4 is 5.32 Å². The van der Waals surface area contributed by atoms with Crippen LogP contribution in [0.15, 0.2) is 28.5 Å². The number of carbonyl (C=O) groups is 3. The molecule has 0 saturated carbocycles. The number of nitrogens with one attached hydrogen (secondary N) is 1. The van der Waals surface area contributed by atoms with E-state index >= 15 is 0 Å². The molecule has 0 radical (unpaired) electrons. The number of hydrogen-bond acceptors (Lipinski definition) is 6. The molecule has 0 aromatic heterocycles. The van der Waals surface area contributed by atoms with E-state index in [-0.39, 0.29) is 11.7 Å². The Labute approximate surface area is 163 Å². The highest BCUT2D eigenvalue weighted by molar-refractivity contribution is 7.97. The van der Waals surface area contributed by atoms with Crippen molar-refractivity contribution in [1.82, 2.24) is 9.62 Å². The summed E-state index contributed by atoms with van der Waals surface area (Å²) in [6.45, 7) is 11.6. The third-order valence-corrected chi connectivity index (χ3v) is 4.46. The largest absolute Gasteiger partial charge is 0.445 e. The summed E-state index contributed by atoms with van der Waals surface area (Å²) >= 11 is 0.842. The maximum atomic E-state index is 12.8. The molecule has 2 amide bonds. The van der Waals surface area contributed by atoms with Crippen LogP contribution in [0.5, 0.6) is 0 Å². The van der Waals surface area contributed by atoms with Crippen molar-refractivity contribution < 1.29 is 23.6 Å². The van der Waals surface area contributed by atoms with Crippen molar-refractivity contribution in [2.75, 3.05) is 12.9 Å². The highest BCUT2D eigenvalue weighted by Gasteiger charge is 2.34. The molecular weight excluding hydrogens is 373 g/mol. The van der Waals surface area contributed by atoms with E-state index in [1.165, 1.54) is 7.05 Å². The molecule has 0 aromatic carbocycles. The summed E-state index contributed by atoms with van der Waals surface area (Å²) in [6, 6.07) is 0. The van der Waals surface area contributed by atoms with Gasteiger partial charge in [0.1, 0.15) is 5.71 Å². The Balaban J connectivity index is 2.99. The number of allylic oxidation sites excluding steroid dienone is 4. The molecule has 1 aliphatic rings. The number of hydrogen-bond donors (Lipinski definition) is 1. The molecule has 27 heavy (non-hydrogen) atoms. The average molecular weight is 399 g/mol. The van der Waals surface area contributed by atoms with E-state index in [1.807, 2.05) is 46.9 Å². The highest BCUT2D eigenvalue weighted by Crippen LogP contribution is 2.37. The second kappa shape index (κ2) is 8.69. The lowest BCUT2D eigenvalue weighted by Crippen LogP contribution is -2.30. The topological polar surface area (TPSA) is 88.1 Å². The Morgan fingerprint density at radius 2 is 1.63 bits per heavy atom. The zero-order valence-corrected chi connectivity index (χ0v) is 17.5. The van der Waals surface area contributed by atoms with Gasteiger partial charge in [0.2, 0.25) is 0 Å². The zero-order valence-electron chi connectivity index (χ0n) is 16.7. The number of rotatable bonds is 4. The first-order valence-electron chi connectivity index (χ1n) is 8.31. The highest BCUT2D eigenvalue weighted by atomic mass is 32.2. The summed E-state index contributed by atoms with van der Waals surface area (Å²) in [5, 5.41) is 5.76. The van der Waals surface area contributed by atoms with E-state index in [0.717, 1.165) is 16.3 Å². The van der Waals surface area contributed by atoms with E-state index in [9.17, 15) is 18.8 Å². The Morgan fingerprint density at radius 3 is 2.04 bits per heavy atom. The standard InChI is InChI=1S/C18H26FN3O4S/c1-17(2,3)12-8-11(9-13(14(12)23)18(4,5)6)21-26-16(25)22(7)27-10-20-15(19)24/h8-9H,10H2,1-7H3,(H,20,24). The predicted octanol–water partition coefficient (Wildman–Crippen LogP) is 4.22. The van der Waals surface area contributed by atoms with Crippen molar-refractivity contribution in [3.63, 3.8) is 0 Å². The van der Waals surface area contributed by atoms with Crippen molar-refractivity contribution in [3.8, 4) is 0 Å². The molecule has 0 saturated heterocycles. The molecule has 1 aliphatic carbocycles. The predicted molar refractivity (Wildman–Crippen MR) is 104 cm³/mol. The lowest BCUT2D eigenvalue weighted by molar-refractivity contribution is -0.114. The lowest BCUT2D eigenvalue weighted by atomic mass is 9.72. The molecule has 1 rings (SSSR count). The van der Waals surface area contributed by atoms with Gasteiger partial charge in [0.15, 0.2) is 5.78 Å². The SMILES string of the molecule is CN(SCNC(=O)F)C(=O)ON=C1C=C(C(C)(C)C)C(=O)C(C(C)(C)C)=C1. The van der Waals surface area contributed by atoms with Crippen LogP contribution in [0.25, 0.3) is 0 Å². The smallest absolute Gasteiger partial charge is 0.317 e. The van der Waals surface area contributed by atoms with Crippen molar-refractivity contribution in [1.29, 1.82) is 0 Å². The Kier molecular flexibility index (Phi) is 7.36. The van der Waals surface area contributed by atoms with Crippen LogP contribution in [-0.4, -0.2) is 41.0 Å². The minimum atomic E-state index is -1.68. The van der Waals surface area contributed by atoms with Gasteiger partial charge >= 0.3 is 12.3 Å². The number of Topliss-reactive ketones (excluding diaryl/α,β-unsaturated/α-hetero) is 1. The lowest BCUT2D eigenvalue weighted by Gasteiger charge is -2.30.